The molecule has 0 saturated carbocycles. The Labute approximate surface area is 262 Å². The van der Waals surface area contributed by atoms with E-state index in [-0.39, 0.29) is 17.1 Å². The standard InChI is InChI=1S/C35H25N8.Cu/c1-41-30-22-14-6-8-16-24(22)32(41)39-34-26-18-10-11-19-27(26)35(43(34)3)40-33-25-17-9-7-15-23(25)31(42(33)2)38-29-21-13-5-4-12-20(21)28(36-29)37-30;/h4-19H,1-3H3;/q2*+1. The van der Waals surface area contributed by atoms with E-state index in [1.54, 1.807) is 0 Å². The Balaban J connectivity index is 0.00000289. The molecule has 8 nitrogen and oxygen atoms in total. The summed E-state index contributed by atoms with van der Waals surface area (Å²) in [6, 6.07) is 33.1. The second-order valence-corrected chi connectivity index (χ2v) is 11.0. The molecule has 44 heavy (non-hydrogen) atoms. The number of nitrogens with zero attached hydrogens (tertiary/aromatic N) is 8. The van der Waals surface area contributed by atoms with E-state index in [1.165, 1.54) is 0 Å². The van der Waals surface area contributed by atoms with Gasteiger partial charge in [0.1, 0.15) is 5.82 Å². The topological polar surface area (TPSA) is 78.4 Å². The summed E-state index contributed by atoms with van der Waals surface area (Å²) in [7, 11) is 6.07. The number of aromatic nitrogens is 8. The largest absolute Gasteiger partial charge is 1.00 e. The van der Waals surface area contributed by atoms with E-state index in [2.05, 4.69) is 74.4 Å². The molecule has 0 N–H and O–H groups in total. The predicted octanol–water partition coefficient (Wildman–Crippen LogP) is 5.37. The molecular formula is C35H25CuN8+2. The van der Waals surface area contributed by atoms with Gasteiger partial charge in [0.25, 0.3) is 17.5 Å². The Kier molecular flexibility index (Phi) is 5.78. The fraction of sp³-hybridized carbons (Fsp3) is 0.0857. The summed E-state index contributed by atoms with van der Waals surface area (Å²) in [5.74, 6) is 3.25. The maximum absolute atomic E-state index is 5.33. The van der Waals surface area contributed by atoms with Crippen LogP contribution in [0, 0.1) is 0 Å². The Hall–Kier alpha value is -5.24. The molecule has 214 valence electrons. The van der Waals surface area contributed by atoms with Crippen LogP contribution in [0.1, 0.15) is 0 Å². The molecule has 0 radical (unpaired) electrons. The molecule has 0 aliphatic carbocycles. The second kappa shape index (κ2) is 9.64. The summed E-state index contributed by atoms with van der Waals surface area (Å²) >= 11 is 0. The number of hydrogen-bond acceptors (Lipinski definition) is 4. The zero-order valence-corrected chi connectivity index (χ0v) is 25.1. The predicted molar refractivity (Wildman–Crippen MR) is 166 cm³/mol. The Morgan fingerprint density at radius 3 is 1.18 bits per heavy atom. The normalized spacial score (nSPS) is 11.8. The third-order valence-electron chi connectivity index (χ3n) is 8.60. The molecule has 8 bridgehead atoms. The summed E-state index contributed by atoms with van der Waals surface area (Å²) in [6.45, 7) is 0. The maximum atomic E-state index is 5.33. The molecular weight excluding hydrogens is 596 g/mol. The summed E-state index contributed by atoms with van der Waals surface area (Å²) < 4.78 is 6.21. The number of hydrogen-bond donors (Lipinski definition) is 0. The molecule has 9 heteroatoms. The number of aryl methyl sites for hydroxylation is 1. The van der Waals surface area contributed by atoms with Crippen LogP contribution >= 0.6 is 0 Å². The number of rotatable bonds is 0. The van der Waals surface area contributed by atoms with Gasteiger partial charge in [0.2, 0.25) is 11.3 Å². The van der Waals surface area contributed by atoms with E-state index in [4.69, 9.17) is 24.9 Å². The zero-order valence-electron chi connectivity index (χ0n) is 24.1. The van der Waals surface area contributed by atoms with Crippen LogP contribution in [-0.2, 0) is 38.2 Å². The van der Waals surface area contributed by atoms with Crippen LogP contribution < -0.4 is 14.1 Å². The summed E-state index contributed by atoms with van der Waals surface area (Å²) in [5, 5.41) is 3.98. The van der Waals surface area contributed by atoms with Gasteiger partial charge in [0, 0.05) is 34.4 Å². The molecule has 0 spiro atoms. The third kappa shape index (κ3) is 3.57. The fourth-order valence-electron chi connectivity index (χ4n) is 6.48. The number of fused-ring (bicyclic) bond motifs is 20. The monoisotopic (exact) mass is 620 g/mol. The van der Waals surface area contributed by atoms with Crippen molar-refractivity contribution in [2.24, 2.45) is 21.1 Å². The first-order chi connectivity index (χ1) is 21.1. The Morgan fingerprint density at radius 2 is 0.795 bits per heavy atom. The van der Waals surface area contributed by atoms with Crippen molar-refractivity contribution in [2.45, 2.75) is 0 Å². The van der Waals surface area contributed by atoms with Gasteiger partial charge >= 0.3 is 17.1 Å². The van der Waals surface area contributed by atoms with E-state index in [9.17, 15) is 0 Å². The number of benzene rings is 4. The van der Waals surface area contributed by atoms with Gasteiger partial charge in [-0.05, 0) is 35.7 Å². The molecule has 9 rings (SSSR count). The minimum atomic E-state index is 0. The summed E-state index contributed by atoms with van der Waals surface area (Å²) in [4.78, 5) is 26.1. The minimum Gasteiger partial charge on any atom is -0.331 e. The van der Waals surface area contributed by atoms with Crippen molar-refractivity contribution in [1.82, 2.24) is 29.5 Å². The third-order valence-corrected chi connectivity index (χ3v) is 8.60. The van der Waals surface area contributed by atoms with E-state index in [0.717, 1.165) is 78.4 Å². The van der Waals surface area contributed by atoms with E-state index in [1.807, 2.05) is 57.5 Å². The molecule has 7 aromatic rings. The molecule has 2 aliphatic heterocycles. The van der Waals surface area contributed by atoms with Crippen molar-refractivity contribution in [2.75, 3.05) is 0 Å². The van der Waals surface area contributed by atoms with Gasteiger partial charge in [-0.25, -0.2) is 4.57 Å². The van der Waals surface area contributed by atoms with Gasteiger partial charge in [-0.1, -0.05) is 81.7 Å². The van der Waals surface area contributed by atoms with Crippen molar-refractivity contribution in [3.63, 3.8) is 0 Å². The van der Waals surface area contributed by atoms with Gasteiger partial charge in [-0.15, -0.1) is 0 Å². The molecule has 0 amide bonds. The zero-order chi connectivity index (χ0) is 28.8. The van der Waals surface area contributed by atoms with E-state index < -0.39 is 0 Å². The van der Waals surface area contributed by atoms with E-state index in [0.29, 0.717) is 11.3 Å². The van der Waals surface area contributed by atoms with Crippen molar-refractivity contribution in [1.29, 1.82) is 0 Å². The minimum absolute atomic E-state index is 0. The molecule has 0 unspecified atom stereocenters. The Morgan fingerprint density at radius 1 is 0.477 bits per heavy atom. The summed E-state index contributed by atoms with van der Waals surface area (Å²) in [5.41, 5.74) is 7.01. The van der Waals surface area contributed by atoms with Crippen LogP contribution in [0.4, 0.5) is 0 Å². The van der Waals surface area contributed by atoms with Crippen LogP contribution in [0.3, 0.4) is 0 Å². The SMILES string of the molecule is Cn1c2nc3[n+](C)c(nc4[n-]c(nc5[n+](C)c(nc1c1ccccc12)-c1ccccc1-5)c1ccccc41)-c1ccccc1-3.[Cu+]. The smallest absolute Gasteiger partial charge is 0.331 e. The molecule has 4 aromatic carbocycles. The molecule has 0 atom stereocenters. The van der Waals surface area contributed by atoms with Crippen molar-refractivity contribution >= 4 is 44.1 Å². The fourth-order valence-corrected chi connectivity index (χ4v) is 6.48. The van der Waals surface area contributed by atoms with Crippen molar-refractivity contribution < 1.29 is 26.2 Å². The van der Waals surface area contributed by atoms with Crippen LogP contribution in [-0.4, -0.2) is 24.5 Å². The molecule has 3 aromatic heterocycles. The van der Waals surface area contributed by atoms with Gasteiger partial charge in [-0.2, -0.15) is 0 Å². The first kappa shape index (κ1) is 26.4. The van der Waals surface area contributed by atoms with Crippen LogP contribution in [0.5, 0.6) is 0 Å². The molecule has 0 fully saturated rings. The average Bonchev–Trinajstić information content (AvgIpc) is 3.69. The first-order valence-electron chi connectivity index (χ1n) is 14.2. The van der Waals surface area contributed by atoms with Crippen LogP contribution in [0.25, 0.3) is 89.7 Å². The maximum Gasteiger partial charge on any atom is 1.00 e. The average molecular weight is 621 g/mol. The first-order valence-corrected chi connectivity index (χ1v) is 14.2. The molecule has 2 aliphatic rings. The second-order valence-electron chi connectivity index (χ2n) is 11.0. The van der Waals surface area contributed by atoms with Gasteiger partial charge in [-0.3, -0.25) is 9.13 Å². The van der Waals surface area contributed by atoms with E-state index >= 15 is 0 Å². The van der Waals surface area contributed by atoms with Gasteiger partial charge in [0.15, 0.2) is 5.65 Å². The van der Waals surface area contributed by atoms with Gasteiger partial charge in [0.05, 0.1) is 30.8 Å². The quantitative estimate of drug-likeness (QED) is 0.168. The Bertz CT molecular complexity index is 2340. The van der Waals surface area contributed by atoms with Crippen LogP contribution in [0.15, 0.2) is 97.1 Å². The molecule has 0 saturated heterocycles. The molecule has 5 heterocycles. The van der Waals surface area contributed by atoms with Crippen molar-refractivity contribution in [3.8, 4) is 45.6 Å². The van der Waals surface area contributed by atoms with Crippen molar-refractivity contribution in [3.05, 3.63) is 97.1 Å². The van der Waals surface area contributed by atoms with Gasteiger partial charge < -0.3 is 9.97 Å². The van der Waals surface area contributed by atoms with Crippen LogP contribution in [0.2, 0.25) is 0 Å². The summed E-state index contributed by atoms with van der Waals surface area (Å²) in [6.07, 6.45) is 0.